The molecule has 0 atom stereocenters. The summed E-state index contributed by atoms with van der Waals surface area (Å²) in [6.07, 6.45) is 3.32. The van der Waals surface area contributed by atoms with Crippen molar-refractivity contribution >= 4 is 23.2 Å². The first kappa shape index (κ1) is 15.8. The van der Waals surface area contributed by atoms with E-state index >= 15 is 0 Å². The molecule has 0 aliphatic heterocycles. The zero-order chi connectivity index (χ0) is 13.9. The molecule has 0 spiro atoms. The molecule has 3 nitrogen and oxygen atoms in total. The molecule has 1 aromatic carbocycles. The lowest BCUT2D eigenvalue weighted by Crippen LogP contribution is -2.27. The maximum absolute atomic E-state index is 11.5. The van der Waals surface area contributed by atoms with Crippen LogP contribution in [0.4, 0.5) is 5.69 Å². The fourth-order valence-electron chi connectivity index (χ4n) is 1.82. The van der Waals surface area contributed by atoms with Gasteiger partial charge in [-0.25, -0.2) is 0 Å². The molecule has 0 unspecified atom stereocenters. The Bertz CT molecular complexity index is 356. The number of carbonyl (C=O) groups is 1. The first-order valence-corrected chi connectivity index (χ1v) is 7.36. The monoisotopic (exact) mass is 282 g/mol. The summed E-state index contributed by atoms with van der Waals surface area (Å²) in [5, 5.41) is 2.94. The molecule has 1 amide bonds. The fourth-order valence-corrected chi connectivity index (χ4v) is 2.01. The normalized spacial score (nSPS) is 10.2. The molecule has 1 rings (SSSR count). The zero-order valence-corrected chi connectivity index (χ0v) is 12.3. The van der Waals surface area contributed by atoms with E-state index in [2.05, 4.69) is 29.4 Å². The summed E-state index contributed by atoms with van der Waals surface area (Å²) in [6.45, 7) is 1.67. The van der Waals surface area contributed by atoms with Crippen LogP contribution in [0, 0.1) is 0 Å². The highest BCUT2D eigenvalue weighted by Crippen LogP contribution is 2.10. The number of nitrogens with one attached hydrogen (secondary N) is 1. The molecule has 1 N–H and O–H groups in total. The Morgan fingerprint density at radius 2 is 1.95 bits per heavy atom. The van der Waals surface area contributed by atoms with E-state index in [1.807, 2.05) is 18.2 Å². The maximum atomic E-state index is 11.5. The van der Waals surface area contributed by atoms with Crippen molar-refractivity contribution < 1.29 is 4.79 Å². The van der Waals surface area contributed by atoms with Crippen LogP contribution in [0.2, 0.25) is 0 Å². The number of halogens is 1. The van der Waals surface area contributed by atoms with Gasteiger partial charge in [-0.1, -0.05) is 18.2 Å². The van der Waals surface area contributed by atoms with Crippen LogP contribution in [0.25, 0.3) is 0 Å². The lowest BCUT2D eigenvalue weighted by Gasteiger charge is -2.19. The van der Waals surface area contributed by atoms with E-state index in [0.29, 0.717) is 12.3 Å². The molecule has 0 aliphatic carbocycles. The van der Waals surface area contributed by atoms with Crippen molar-refractivity contribution in [3.05, 3.63) is 30.3 Å². The second-order valence-corrected chi connectivity index (χ2v) is 4.98. The van der Waals surface area contributed by atoms with Crippen LogP contribution in [0.5, 0.6) is 0 Å². The van der Waals surface area contributed by atoms with E-state index < -0.39 is 0 Å². The summed E-state index contributed by atoms with van der Waals surface area (Å²) >= 11 is 5.57. The topological polar surface area (TPSA) is 32.3 Å². The molecule has 0 saturated carbocycles. The van der Waals surface area contributed by atoms with Crippen LogP contribution < -0.4 is 10.2 Å². The summed E-state index contributed by atoms with van der Waals surface area (Å²) in [5.41, 5.74) is 1.20. The van der Waals surface area contributed by atoms with Crippen molar-refractivity contribution in [3.63, 3.8) is 0 Å². The van der Waals surface area contributed by atoms with Crippen molar-refractivity contribution in [1.29, 1.82) is 0 Å². The highest BCUT2D eigenvalue weighted by atomic mass is 35.5. The van der Waals surface area contributed by atoms with Gasteiger partial charge in [-0.15, -0.1) is 11.6 Å². The van der Waals surface area contributed by atoms with Gasteiger partial charge in [-0.3, -0.25) is 4.79 Å². The minimum Gasteiger partial charge on any atom is -0.375 e. The number of rotatable bonds is 9. The van der Waals surface area contributed by atoms with Crippen LogP contribution in [0.3, 0.4) is 0 Å². The van der Waals surface area contributed by atoms with Crippen molar-refractivity contribution in [2.75, 3.05) is 30.9 Å². The van der Waals surface area contributed by atoms with Crippen LogP contribution in [-0.2, 0) is 4.79 Å². The van der Waals surface area contributed by atoms with Crippen molar-refractivity contribution in [2.24, 2.45) is 0 Å². The molecule has 106 valence electrons. The molecule has 4 heteroatoms. The van der Waals surface area contributed by atoms with Crippen LogP contribution in [0.15, 0.2) is 30.3 Å². The van der Waals surface area contributed by atoms with Crippen LogP contribution in [0.1, 0.15) is 25.7 Å². The second kappa shape index (κ2) is 9.68. The van der Waals surface area contributed by atoms with E-state index in [0.717, 1.165) is 32.4 Å². The molecule has 0 heterocycles. The van der Waals surface area contributed by atoms with Gasteiger partial charge in [0.05, 0.1) is 0 Å². The third kappa shape index (κ3) is 7.06. The second-order valence-electron chi connectivity index (χ2n) is 4.61. The maximum Gasteiger partial charge on any atom is 0.219 e. The average Bonchev–Trinajstić information content (AvgIpc) is 2.44. The molecule has 19 heavy (non-hydrogen) atoms. The largest absolute Gasteiger partial charge is 0.375 e. The van der Waals surface area contributed by atoms with Crippen LogP contribution in [-0.4, -0.2) is 31.9 Å². The zero-order valence-electron chi connectivity index (χ0n) is 11.6. The minimum atomic E-state index is 0.132. The molecule has 0 bridgehead atoms. The van der Waals surface area contributed by atoms with E-state index in [1.165, 1.54) is 5.69 Å². The van der Waals surface area contributed by atoms with E-state index in [9.17, 15) is 4.79 Å². The van der Waals surface area contributed by atoms with Crippen molar-refractivity contribution in [3.8, 4) is 0 Å². The lowest BCUT2D eigenvalue weighted by atomic mass is 10.2. The quantitative estimate of drug-likeness (QED) is 0.558. The SMILES string of the molecule is CN(CCCNC(=O)CCCCCl)c1ccccc1. The van der Waals surface area contributed by atoms with E-state index in [1.54, 1.807) is 0 Å². The Morgan fingerprint density at radius 1 is 1.21 bits per heavy atom. The first-order valence-electron chi connectivity index (χ1n) is 6.83. The number of amides is 1. The minimum absolute atomic E-state index is 0.132. The van der Waals surface area contributed by atoms with Gasteiger partial charge in [0.1, 0.15) is 0 Å². The molecule has 1 aromatic rings. The summed E-state index contributed by atoms with van der Waals surface area (Å²) in [6, 6.07) is 10.3. The van der Waals surface area contributed by atoms with Gasteiger partial charge >= 0.3 is 0 Å². The average molecular weight is 283 g/mol. The Morgan fingerprint density at radius 3 is 2.63 bits per heavy atom. The van der Waals surface area contributed by atoms with Crippen LogP contribution >= 0.6 is 11.6 Å². The third-order valence-electron chi connectivity index (χ3n) is 2.98. The smallest absolute Gasteiger partial charge is 0.219 e. The van der Waals surface area contributed by atoms with Gasteiger partial charge in [0.25, 0.3) is 0 Å². The van der Waals surface area contributed by atoms with Gasteiger partial charge in [0.2, 0.25) is 5.91 Å². The molecule has 0 fully saturated rings. The number of anilines is 1. The third-order valence-corrected chi connectivity index (χ3v) is 3.24. The number of para-hydroxylation sites is 1. The summed E-state index contributed by atoms with van der Waals surface area (Å²) in [7, 11) is 2.07. The summed E-state index contributed by atoms with van der Waals surface area (Å²) in [4.78, 5) is 13.7. The van der Waals surface area contributed by atoms with Gasteiger partial charge in [-0.2, -0.15) is 0 Å². The molecule has 0 saturated heterocycles. The summed E-state index contributed by atoms with van der Waals surface area (Å²) in [5.74, 6) is 0.766. The van der Waals surface area contributed by atoms with Crippen molar-refractivity contribution in [1.82, 2.24) is 5.32 Å². The molecule has 0 aliphatic rings. The number of carbonyl (C=O) groups excluding carboxylic acids is 1. The number of hydrogen-bond acceptors (Lipinski definition) is 2. The first-order chi connectivity index (χ1) is 9.24. The van der Waals surface area contributed by atoms with Gasteiger partial charge in [0.15, 0.2) is 0 Å². The van der Waals surface area contributed by atoms with E-state index in [4.69, 9.17) is 11.6 Å². The number of hydrogen-bond donors (Lipinski definition) is 1. The number of benzene rings is 1. The Labute approximate surface area is 120 Å². The summed E-state index contributed by atoms with van der Waals surface area (Å²) < 4.78 is 0. The Hall–Kier alpha value is -1.22. The Kier molecular flexibility index (Phi) is 8.07. The van der Waals surface area contributed by atoms with Gasteiger partial charge in [0, 0.05) is 38.1 Å². The molecule has 0 aromatic heterocycles. The molecular formula is C15H23ClN2O. The molecular weight excluding hydrogens is 260 g/mol. The van der Waals surface area contributed by atoms with Crippen molar-refractivity contribution in [2.45, 2.75) is 25.7 Å². The highest BCUT2D eigenvalue weighted by molar-refractivity contribution is 6.17. The van der Waals surface area contributed by atoms with Gasteiger partial charge < -0.3 is 10.2 Å². The number of unbranched alkanes of at least 4 members (excludes halogenated alkanes) is 1. The predicted molar refractivity (Wildman–Crippen MR) is 81.9 cm³/mol. The predicted octanol–water partition coefficient (Wildman–Crippen LogP) is 3.04. The lowest BCUT2D eigenvalue weighted by molar-refractivity contribution is -0.121. The standard InChI is InChI=1S/C15H23ClN2O/c1-18(14-8-3-2-4-9-14)13-7-12-17-15(19)10-5-6-11-16/h2-4,8-9H,5-7,10-13H2,1H3,(H,17,19). The molecule has 0 radical (unpaired) electrons. The Balaban J connectivity index is 2.09. The fraction of sp³-hybridized carbons (Fsp3) is 0.533. The van der Waals surface area contributed by atoms with Gasteiger partial charge in [-0.05, 0) is 31.4 Å². The number of alkyl halides is 1. The number of nitrogens with zero attached hydrogens (tertiary/aromatic N) is 1. The van der Waals surface area contributed by atoms with E-state index in [-0.39, 0.29) is 5.91 Å². The highest BCUT2D eigenvalue weighted by Gasteiger charge is 2.02.